The largest absolute Gasteiger partial charge is 0.366 e. The van der Waals surface area contributed by atoms with E-state index in [2.05, 4.69) is 4.74 Å². The van der Waals surface area contributed by atoms with Gasteiger partial charge in [0, 0.05) is 7.11 Å². The Kier molecular flexibility index (Phi) is 4.26. The van der Waals surface area contributed by atoms with Crippen molar-refractivity contribution in [2.75, 3.05) is 19.6 Å². The van der Waals surface area contributed by atoms with Gasteiger partial charge in [0.25, 0.3) is 0 Å². The predicted molar refractivity (Wildman–Crippen MR) is 30.0 cm³/mol. The quantitative estimate of drug-likeness (QED) is 0.528. The molecule has 0 aliphatic rings. The highest BCUT2D eigenvalue weighted by atomic mass is 31.1. The third kappa shape index (κ3) is 3.90. The molecule has 0 aliphatic heterocycles. The number of hydrogen-bond acceptors (Lipinski definition) is 2. The van der Waals surface area contributed by atoms with Crippen LogP contribution in [0.15, 0.2) is 0 Å². The average molecular weight is 121 g/mol. The molecule has 0 saturated carbocycles. The molecule has 0 saturated heterocycles. The molecule has 0 bridgehead atoms. The molecular formula is C4H10O2P+. The van der Waals surface area contributed by atoms with Crippen molar-refractivity contribution in [3.05, 3.63) is 0 Å². The molecule has 0 fully saturated rings. The van der Waals surface area contributed by atoms with Gasteiger partial charge >= 0.3 is 7.80 Å². The number of hydrogen-bond donors (Lipinski definition) is 0. The lowest BCUT2D eigenvalue weighted by atomic mass is 11.0. The van der Waals surface area contributed by atoms with Gasteiger partial charge in [-0.15, -0.1) is 0 Å². The van der Waals surface area contributed by atoms with E-state index in [4.69, 9.17) is 0 Å². The van der Waals surface area contributed by atoms with E-state index in [9.17, 15) is 4.57 Å². The van der Waals surface area contributed by atoms with Crippen LogP contribution in [0, 0.1) is 0 Å². The molecule has 2 nitrogen and oxygen atoms in total. The second-order valence-corrected chi connectivity index (χ2v) is 3.07. The van der Waals surface area contributed by atoms with Gasteiger partial charge in [-0.1, -0.05) is 4.57 Å². The molecule has 0 aromatic carbocycles. The zero-order valence-electron chi connectivity index (χ0n) is 4.68. The highest BCUT2D eigenvalue weighted by Crippen LogP contribution is 2.17. The van der Waals surface area contributed by atoms with E-state index >= 15 is 0 Å². The van der Waals surface area contributed by atoms with Gasteiger partial charge in [0.2, 0.25) is 6.35 Å². The monoisotopic (exact) mass is 121 g/mol. The first-order chi connectivity index (χ1) is 3.31. The normalized spacial score (nSPS) is 11.4. The molecule has 0 rings (SSSR count). The fourth-order valence-electron chi connectivity index (χ4n) is 0.235. The summed E-state index contributed by atoms with van der Waals surface area (Å²) in [6.07, 6.45) is 1.13. The van der Waals surface area contributed by atoms with Crippen LogP contribution in [0.5, 0.6) is 0 Å². The summed E-state index contributed by atoms with van der Waals surface area (Å²) in [6.45, 7) is 1.89. The van der Waals surface area contributed by atoms with E-state index < -0.39 is 7.80 Å². The van der Waals surface area contributed by atoms with Gasteiger partial charge in [-0.25, -0.2) is 0 Å². The van der Waals surface area contributed by atoms with Gasteiger partial charge in [0.1, 0.15) is 6.16 Å². The Balaban J connectivity index is 3.00. The Morgan fingerprint density at radius 2 is 2.29 bits per heavy atom. The van der Waals surface area contributed by atoms with Crippen LogP contribution in [-0.2, 0) is 9.30 Å². The third-order valence-corrected chi connectivity index (χ3v) is 1.88. The summed E-state index contributed by atoms with van der Waals surface area (Å²) in [7, 11) is 0.508. The molecule has 7 heavy (non-hydrogen) atoms. The van der Waals surface area contributed by atoms with Crippen LogP contribution in [0.1, 0.15) is 6.92 Å². The molecule has 0 heterocycles. The summed E-state index contributed by atoms with van der Waals surface area (Å²) < 4.78 is 15.0. The molecule has 0 spiro atoms. The maximum absolute atomic E-state index is 10.4. The molecule has 1 atom stereocenters. The molecule has 0 aliphatic carbocycles. The van der Waals surface area contributed by atoms with Crippen molar-refractivity contribution in [3.8, 4) is 0 Å². The molecule has 0 amide bonds. The highest BCUT2D eigenvalue weighted by molar-refractivity contribution is 7.44. The minimum atomic E-state index is -1.05. The van der Waals surface area contributed by atoms with Crippen LogP contribution in [0.3, 0.4) is 0 Å². The maximum atomic E-state index is 10.4. The summed E-state index contributed by atoms with van der Waals surface area (Å²) in [6, 6.07) is 0. The molecule has 0 N–H and O–H groups in total. The van der Waals surface area contributed by atoms with Crippen LogP contribution in [-0.4, -0.2) is 19.6 Å². The molecule has 0 aromatic heterocycles. The molecule has 3 heteroatoms. The van der Waals surface area contributed by atoms with Gasteiger partial charge in [-0.2, -0.15) is 0 Å². The lowest BCUT2D eigenvalue weighted by Crippen LogP contribution is -1.80. The van der Waals surface area contributed by atoms with E-state index in [-0.39, 0.29) is 0 Å². The van der Waals surface area contributed by atoms with Gasteiger partial charge in [-0.05, 0) is 6.92 Å². The lowest BCUT2D eigenvalue weighted by molar-refractivity contribution is 0.251. The van der Waals surface area contributed by atoms with Crippen LogP contribution < -0.4 is 0 Å². The number of methoxy groups -OCH3 is 1. The van der Waals surface area contributed by atoms with Gasteiger partial charge < -0.3 is 4.74 Å². The summed E-state index contributed by atoms with van der Waals surface area (Å²) in [5.41, 5.74) is 0. The summed E-state index contributed by atoms with van der Waals surface area (Å²) >= 11 is 0. The Morgan fingerprint density at radius 1 is 1.71 bits per heavy atom. The van der Waals surface area contributed by atoms with Crippen molar-refractivity contribution in [3.63, 3.8) is 0 Å². The van der Waals surface area contributed by atoms with Gasteiger partial charge in [0.05, 0.1) is 0 Å². The lowest BCUT2D eigenvalue weighted by Gasteiger charge is -1.78. The minimum Gasteiger partial charge on any atom is -0.341 e. The highest BCUT2D eigenvalue weighted by Gasteiger charge is 2.07. The topological polar surface area (TPSA) is 26.3 Å². The first-order valence-electron chi connectivity index (χ1n) is 2.22. The van der Waals surface area contributed by atoms with Crippen LogP contribution >= 0.6 is 7.80 Å². The second-order valence-electron chi connectivity index (χ2n) is 1.22. The van der Waals surface area contributed by atoms with Crippen molar-refractivity contribution in [2.45, 2.75) is 6.92 Å². The SMILES string of the molecule is CC[P+](=O)COC. The third-order valence-electron chi connectivity index (χ3n) is 0.626. The summed E-state index contributed by atoms with van der Waals surface area (Å²) in [5, 5.41) is 0. The molecule has 42 valence electrons. The van der Waals surface area contributed by atoms with Crippen LogP contribution in [0.2, 0.25) is 0 Å². The van der Waals surface area contributed by atoms with E-state index in [0.29, 0.717) is 6.35 Å². The Labute approximate surface area is 44.7 Å². The van der Waals surface area contributed by atoms with Crippen LogP contribution in [0.25, 0.3) is 0 Å². The molecular weight excluding hydrogens is 111 g/mol. The van der Waals surface area contributed by atoms with Crippen LogP contribution in [0.4, 0.5) is 0 Å². The number of ether oxygens (including phenoxy) is 1. The summed E-state index contributed by atoms with van der Waals surface area (Å²) in [4.78, 5) is 0. The van der Waals surface area contributed by atoms with Crippen molar-refractivity contribution >= 4 is 7.80 Å². The maximum Gasteiger partial charge on any atom is 0.366 e. The van der Waals surface area contributed by atoms with Crippen molar-refractivity contribution in [2.24, 2.45) is 0 Å². The minimum absolute atomic E-state index is 0.409. The Morgan fingerprint density at radius 3 is 2.43 bits per heavy atom. The standard InChI is InChI=1S/C4H10O2P/c1-3-7(5)4-6-2/h3-4H2,1-2H3/q+1. The van der Waals surface area contributed by atoms with E-state index in [0.717, 1.165) is 6.16 Å². The second kappa shape index (κ2) is 4.23. The zero-order valence-corrected chi connectivity index (χ0v) is 5.57. The van der Waals surface area contributed by atoms with E-state index in [1.54, 1.807) is 7.11 Å². The predicted octanol–water partition coefficient (Wildman–Crippen LogP) is 1.44. The molecule has 0 radical (unpaired) electrons. The fraction of sp³-hybridized carbons (Fsp3) is 1.00. The molecule has 0 aromatic rings. The smallest absolute Gasteiger partial charge is 0.341 e. The van der Waals surface area contributed by atoms with Gasteiger partial charge in [0.15, 0.2) is 0 Å². The summed E-state index contributed by atoms with van der Waals surface area (Å²) in [5.74, 6) is 0. The van der Waals surface area contributed by atoms with Crippen molar-refractivity contribution in [1.29, 1.82) is 0 Å². The first kappa shape index (κ1) is 7.06. The Hall–Kier alpha value is 0.0600. The average Bonchev–Trinajstić information content (AvgIpc) is 1.68. The van der Waals surface area contributed by atoms with Gasteiger partial charge in [-0.3, -0.25) is 0 Å². The van der Waals surface area contributed by atoms with E-state index in [1.165, 1.54) is 0 Å². The zero-order chi connectivity index (χ0) is 5.70. The fourth-order valence-corrected chi connectivity index (χ4v) is 0.706. The molecule has 1 unspecified atom stereocenters. The van der Waals surface area contributed by atoms with E-state index in [1.807, 2.05) is 6.92 Å². The van der Waals surface area contributed by atoms with Crippen molar-refractivity contribution in [1.82, 2.24) is 0 Å². The Bertz CT molecular complexity index is 62.7. The van der Waals surface area contributed by atoms with Crippen molar-refractivity contribution < 1.29 is 9.30 Å². The first-order valence-corrected chi connectivity index (χ1v) is 3.85. The number of rotatable bonds is 3.